The van der Waals surface area contributed by atoms with E-state index >= 15 is 0 Å². The molecule has 0 fully saturated rings. The molecular weight excluding hydrogens is 291 g/mol. The summed E-state index contributed by atoms with van der Waals surface area (Å²) in [5.74, 6) is -0.904. The van der Waals surface area contributed by atoms with E-state index in [0.29, 0.717) is 10.6 Å². The van der Waals surface area contributed by atoms with Crippen molar-refractivity contribution in [3.63, 3.8) is 0 Å². The van der Waals surface area contributed by atoms with Gasteiger partial charge in [0.2, 0.25) is 11.8 Å². The maximum absolute atomic E-state index is 10.5. The molecule has 2 rings (SSSR count). The number of benzene rings is 1. The maximum Gasteiger partial charge on any atom is 1.00 e. The number of nitrogens with zero attached hydrogens (tertiary/aromatic N) is 2. The van der Waals surface area contributed by atoms with Crippen LogP contribution < -0.4 is 29.6 Å². The van der Waals surface area contributed by atoms with E-state index in [1.807, 2.05) is 0 Å². The Hall–Kier alpha value is -0.440. The zero-order valence-electron chi connectivity index (χ0n) is 9.33. The minimum Gasteiger partial charge on any atom is -0.748 e. The van der Waals surface area contributed by atoms with Crippen LogP contribution in [0.3, 0.4) is 0 Å². The van der Waals surface area contributed by atoms with Crippen molar-refractivity contribution < 1.29 is 46.9 Å². The molecule has 0 saturated carbocycles. The van der Waals surface area contributed by atoms with E-state index in [0.717, 1.165) is 0 Å². The van der Waals surface area contributed by atoms with Crippen molar-refractivity contribution in [1.82, 2.24) is 10.2 Å². The topological polar surface area (TPSA) is 96.1 Å². The maximum atomic E-state index is 10.5. The van der Waals surface area contributed by atoms with Gasteiger partial charge in [-0.25, -0.2) is 8.42 Å². The van der Waals surface area contributed by atoms with E-state index in [4.69, 9.17) is 16.0 Å². The van der Waals surface area contributed by atoms with Crippen LogP contribution in [0.5, 0.6) is 0 Å². The van der Waals surface area contributed by atoms with Crippen LogP contribution in [0.1, 0.15) is 5.89 Å². The minimum absolute atomic E-state index is 0. The molecule has 1 aromatic carbocycles. The van der Waals surface area contributed by atoms with Crippen LogP contribution in [-0.2, 0) is 15.9 Å². The average Bonchev–Trinajstić information content (AvgIpc) is 2.64. The van der Waals surface area contributed by atoms with Crippen molar-refractivity contribution in [2.24, 2.45) is 0 Å². The molecule has 18 heavy (non-hydrogen) atoms. The average molecular weight is 297 g/mol. The quantitative estimate of drug-likeness (QED) is 0.502. The molecule has 0 bridgehead atoms. The minimum atomic E-state index is -4.42. The molecule has 6 nitrogen and oxygen atoms in total. The Morgan fingerprint density at radius 3 is 2.39 bits per heavy atom. The second kappa shape index (κ2) is 6.14. The van der Waals surface area contributed by atoms with Crippen LogP contribution in [0, 0.1) is 0 Å². The van der Waals surface area contributed by atoms with E-state index in [9.17, 15) is 13.0 Å². The fourth-order valence-corrected chi connectivity index (χ4v) is 1.72. The molecule has 0 unspecified atom stereocenters. The summed E-state index contributed by atoms with van der Waals surface area (Å²) in [4.78, 5) is 0. The fraction of sp³-hybridized carbons (Fsp3) is 0.111. The van der Waals surface area contributed by atoms with Crippen molar-refractivity contribution in [2.45, 2.75) is 5.75 Å². The number of rotatable bonds is 3. The van der Waals surface area contributed by atoms with Crippen LogP contribution >= 0.6 is 11.6 Å². The van der Waals surface area contributed by atoms with E-state index in [1.54, 1.807) is 24.3 Å². The predicted molar refractivity (Wildman–Crippen MR) is 58.1 cm³/mol. The molecule has 0 aliphatic carbocycles. The van der Waals surface area contributed by atoms with Gasteiger partial charge in [0.25, 0.3) is 0 Å². The van der Waals surface area contributed by atoms with Gasteiger partial charge in [-0.2, -0.15) is 0 Å². The van der Waals surface area contributed by atoms with Gasteiger partial charge in [0.05, 0.1) is 0 Å². The summed E-state index contributed by atoms with van der Waals surface area (Å²) < 4.78 is 36.5. The third-order valence-corrected chi connectivity index (χ3v) is 2.71. The Labute approximate surface area is 130 Å². The van der Waals surface area contributed by atoms with Gasteiger partial charge in [-0.1, -0.05) is 11.6 Å². The first kappa shape index (κ1) is 15.6. The first-order valence-corrected chi connectivity index (χ1v) is 6.41. The summed E-state index contributed by atoms with van der Waals surface area (Å²) in [6, 6.07) is 6.55. The Balaban J connectivity index is 0.00000162. The first-order valence-electron chi connectivity index (χ1n) is 4.46. The summed E-state index contributed by atoms with van der Waals surface area (Å²) in [6.07, 6.45) is 0. The number of halogens is 1. The molecule has 1 heterocycles. The van der Waals surface area contributed by atoms with Gasteiger partial charge in [0.1, 0.15) is 15.9 Å². The summed E-state index contributed by atoms with van der Waals surface area (Å²) in [5.41, 5.74) is 0.594. The van der Waals surface area contributed by atoms with E-state index in [2.05, 4.69) is 10.2 Å². The smallest absolute Gasteiger partial charge is 0.748 e. The van der Waals surface area contributed by atoms with Crippen molar-refractivity contribution in [3.8, 4) is 11.5 Å². The molecule has 0 aliphatic heterocycles. The van der Waals surface area contributed by atoms with E-state index in [-0.39, 0.29) is 41.3 Å². The van der Waals surface area contributed by atoms with Crippen molar-refractivity contribution >= 4 is 21.7 Å². The van der Waals surface area contributed by atoms with Crippen molar-refractivity contribution in [2.75, 3.05) is 0 Å². The Kier molecular flexibility index (Phi) is 5.32. The van der Waals surface area contributed by atoms with E-state index < -0.39 is 15.9 Å². The predicted octanol–water partition coefficient (Wildman–Crippen LogP) is -1.56. The van der Waals surface area contributed by atoms with Gasteiger partial charge in [0.15, 0.2) is 0 Å². The summed E-state index contributed by atoms with van der Waals surface area (Å²) in [7, 11) is -4.42. The summed E-state index contributed by atoms with van der Waals surface area (Å²) in [6.45, 7) is 0. The summed E-state index contributed by atoms with van der Waals surface area (Å²) in [5, 5.41) is 7.66. The number of hydrogen-bond donors (Lipinski definition) is 0. The Morgan fingerprint density at radius 2 is 1.83 bits per heavy atom. The molecule has 0 N–H and O–H groups in total. The molecule has 0 saturated heterocycles. The monoisotopic (exact) mass is 296 g/mol. The third-order valence-electron chi connectivity index (χ3n) is 1.86. The zero-order chi connectivity index (χ0) is 12.5. The van der Waals surface area contributed by atoms with Gasteiger partial charge in [-0.05, 0) is 24.3 Å². The van der Waals surface area contributed by atoms with Gasteiger partial charge in [0, 0.05) is 10.6 Å². The normalized spacial score (nSPS) is 11.0. The van der Waals surface area contributed by atoms with Gasteiger partial charge >= 0.3 is 29.6 Å². The van der Waals surface area contributed by atoms with Gasteiger partial charge < -0.3 is 8.97 Å². The van der Waals surface area contributed by atoms with Gasteiger partial charge in [-0.15, -0.1) is 10.2 Å². The fourth-order valence-electron chi connectivity index (χ4n) is 1.17. The van der Waals surface area contributed by atoms with Crippen LogP contribution in [0.4, 0.5) is 0 Å². The molecule has 1 aromatic heterocycles. The van der Waals surface area contributed by atoms with Crippen LogP contribution in [0.2, 0.25) is 5.02 Å². The molecule has 0 spiro atoms. The molecule has 0 amide bonds. The number of aromatic nitrogens is 2. The number of hydrogen-bond acceptors (Lipinski definition) is 6. The molecule has 2 aromatic rings. The molecule has 0 aliphatic rings. The van der Waals surface area contributed by atoms with E-state index in [1.165, 1.54) is 0 Å². The zero-order valence-corrected chi connectivity index (χ0v) is 12.9. The van der Waals surface area contributed by atoms with Gasteiger partial charge in [-0.3, -0.25) is 0 Å². The largest absolute Gasteiger partial charge is 1.00 e. The third kappa shape index (κ3) is 4.34. The Bertz CT molecular complexity index is 626. The second-order valence-corrected chi connectivity index (χ2v) is 5.05. The second-order valence-electron chi connectivity index (χ2n) is 3.21. The molecule has 90 valence electrons. The van der Waals surface area contributed by atoms with Crippen LogP contribution in [0.15, 0.2) is 28.7 Å². The molecule has 0 atom stereocenters. The van der Waals surface area contributed by atoms with Crippen LogP contribution in [-0.4, -0.2) is 23.2 Å². The van der Waals surface area contributed by atoms with Crippen LogP contribution in [0.25, 0.3) is 11.5 Å². The standard InChI is InChI=1S/C9H7ClN2O4S.Na/c10-7-3-1-6(2-4-7)9-12-11-8(16-9)5-17(13,14)15;/h1-4H,5H2,(H,13,14,15);/q;+1/p-1. The summed E-state index contributed by atoms with van der Waals surface area (Å²) >= 11 is 5.70. The van der Waals surface area contributed by atoms with Crippen molar-refractivity contribution in [1.29, 1.82) is 0 Å². The first-order chi connectivity index (χ1) is 7.94. The molecular formula is C9H6ClN2NaO4S. The SMILES string of the molecule is O=S(=O)([O-])Cc1nnc(-c2ccc(Cl)cc2)o1.[Na+]. The van der Waals surface area contributed by atoms with Crippen molar-refractivity contribution in [3.05, 3.63) is 35.2 Å². The molecule has 9 heteroatoms. The molecule has 0 radical (unpaired) electrons. The Morgan fingerprint density at radius 1 is 1.22 bits per heavy atom.